The van der Waals surface area contributed by atoms with Gasteiger partial charge in [-0.25, -0.2) is 13.2 Å². The van der Waals surface area contributed by atoms with Gasteiger partial charge in [0.05, 0.1) is 10.4 Å². The van der Waals surface area contributed by atoms with E-state index in [0.29, 0.717) is 53.8 Å². The van der Waals surface area contributed by atoms with Gasteiger partial charge in [-0.2, -0.15) is 4.31 Å². The lowest BCUT2D eigenvalue weighted by Gasteiger charge is -2.31. The lowest BCUT2D eigenvalue weighted by atomic mass is 9.82. The van der Waals surface area contributed by atoms with Crippen molar-refractivity contribution in [3.05, 3.63) is 58.5 Å². The maximum absolute atomic E-state index is 13.1. The Morgan fingerprint density at radius 2 is 1.84 bits per heavy atom. The largest absolute Gasteiger partial charge is 0.489 e. The number of sulfonamides is 1. The monoisotopic (exact) mass is 530 g/mol. The molecule has 0 radical (unpaired) electrons. The lowest BCUT2D eigenvalue weighted by molar-refractivity contribution is 0.105. The molecule has 0 amide bonds. The number of piperidine rings is 1. The molecule has 1 saturated heterocycles. The molecule has 3 aromatic rings. The van der Waals surface area contributed by atoms with E-state index in [1.54, 1.807) is 34.6 Å². The SMILES string of the molecule is CCC(C)(C)c1ccc(S(=O)(=O)N2CCC(CNC[C@H](O)COc3cccc4[nH]c(=O)[nH]c34)CC2)cc1. The smallest absolute Gasteiger partial charge is 0.323 e. The normalized spacial score (nSPS) is 16.8. The Morgan fingerprint density at radius 3 is 2.51 bits per heavy atom. The van der Waals surface area contributed by atoms with E-state index >= 15 is 0 Å². The standard InChI is InChI=1S/C27H38N4O5S/c1-4-27(2,3)20-8-10-22(11-9-20)37(34,35)31-14-12-19(13-15-31)16-28-17-21(32)18-36-24-7-5-6-23-25(24)30-26(33)29-23/h5-11,19,21,28,32H,4,12-18H2,1-3H3,(H2,29,30,33)/t21-/m0/s1. The van der Waals surface area contributed by atoms with Crippen LogP contribution in [-0.2, 0) is 15.4 Å². The van der Waals surface area contributed by atoms with Crippen LogP contribution in [0.5, 0.6) is 5.75 Å². The molecular weight excluding hydrogens is 492 g/mol. The van der Waals surface area contributed by atoms with Crippen LogP contribution < -0.4 is 15.7 Å². The quantitative estimate of drug-likeness (QED) is 0.302. The van der Waals surface area contributed by atoms with Crippen molar-refractivity contribution >= 4 is 21.1 Å². The number of ether oxygens (including phenoxy) is 1. The van der Waals surface area contributed by atoms with E-state index in [0.717, 1.165) is 24.8 Å². The van der Waals surface area contributed by atoms with Crippen molar-refractivity contribution in [2.45, 2.75) is 56.4 Å². The Morgan fingerprint density at radius 1 is 1.14 bits per heavy atom. The van der Waals surface area contributed by atoms with Gasteiger partial charge in [-0.15, -0.1) is 0 Å². The van der Waals surface area contributed by atoms with E-state index in [1.807, 2.05) is 12.1 Å². The molecule has 0 bridgehead atoms. The molecule has 1 aliphatic heterocycles. The highest BCUT2D eigenvalue weighted by Crippen LogP contribution is 2.29. The average molecular weight is 531 g/mol. The van der Waals surface area contributed by atoms with Crippen molar-refractivity contribution in [3.8, 4) is 5.75 Å². The highest BCUT2D eigenvalue weighted by molar-refractivity contribution is 7.89. The van der Waals surface area contributed by atoms with Crippen molar-refractivity contribution < 1.29 is 18.3 Å². The summed E-state index contributed by atoms with van der Waals surface area (Å²) in [5.74, 6) is 0.846. The first-order valence-corrected chi connectivity index (χ1v) is 14.4. The zero-order chi connectivity index (χ0) is 26.6. The Balaban J connectivity index is 1.20. The molecule has 1 atom stereocenters. The van der Waals surface area contributed by atoms with Gasteiger partial charge >= 0.3 is 5.69 Å². The van der Waals surface area contributed by atoms with Crippen LogP contribution in [0.15, 0.2) is 52.2 Å². The van der Waals surface area contributed by atoms with E-state index in [1.165, 1.54) is 0 Å². The summed E-state index contributed by atoms with van der Waals surface area (Å²) < 4.78 is 33.6. The minimum absolute atomic E-state index is 0.0179. The Kier molecular flexibility index (Phi) is 8.42. The fraction of sp³-hybridized carbons (Fsp3) is 0.519. The summed E-state index contributed by atoms with van der Waals surface area (Å²) in [6.07, 6.45) is 1.80. The van der Waals surface area contributed by atoms with Crippen molar-refractivity contribution in [1.82, 2.24) is 19.6 Å². The van der Waals surface area contributed by atoms with Crippen molar-refractivity contribution in [2.24, 2.45) is 5.92 Å². The van der Waals surface area contributed by atoms with Crippen molar-refractivity contribution in [1.29, 1.82) is 0 Å². The minimum Gasteiger partial charge on any atom is -0.489 e. The number of fused-ring (bicyclic) bond motifs is 1. The highest BCUT2D eigenvalue weighted by Gasteiger charge is 2.30. The molecule has 37 heavy (non-hydrogen) atoms. The molecule has 2 aromatic carbocycles. The molecule has 10 heteroatoms. The number of aromatic amines is 2. The number of nitrogens with zero attached hydrogens (tertiary/aromatic N) is 1. The van der Waals surface area contributed by atoms with Crippen LogP contribution >= 0.6 is 0 Å². The second-order valence-corrected chi connectivity index (χ2v) is 12.4. The molecule has 0 unspecified atom stereocenters. The Bertz CT molecular complexity index is 1340. The number of para-hydroxylation sites is 1. The number of rotatable bonds is 11. The molecule has 1 aromatic heterocycles. The molecule has 0 spiro atoms. The number of aliphatic hydroxyl groups excluding tert-OH is 1. The summed E-state index contributed by atoms with van der Waals surface area (Å²) in [5, 5.41) is 13.6. The summed E-state index contributed by atoms with van der Waals surface area (Å²) >= 11 is 0. The molecule has 0 saturated carbocycles. The topological polar surface area (TPSA) is 128 Å². The van der Waals surface area contributed by atoms with Crippen LogP contribution in [0, 0.1) is 5.92 Å². The zero-order valence-electron chi connectivity index (χ0n) is 21.8. The second-order valence-electron chi connectivity index (χ2n) is 10.5. The zero-order valence-corrected chi connectivity index (χ0v) is 22.6. The maximum Gasteiger partial charge on any atom is 0.323 e. The summed E-state index contributed by atoms with van der Waals surface area (Å²) in [4.78, 5) is 17.2. The number of aromatic nitrogens is 2. The van der Waals surface area contributed by atoms with Crippen LogP contribution in [-0.4, -0.2) is 66.7 Å². The predicted molar refractivity (Wildman–Crippen MR) is 145 cm³/mol. The van der Waals surface area contributed by atoms with Crippen LogP contribution in [0.25, 0.3) is 11.0 Å². The third kappa shape index (κ3) is 6.43. The van der Waals surface area contributed by atoms with Crippen LogP contribution in [0.4, 0.5) is 0 Å². The van der Waals surface area contributed by atoms with E-state index in [2.05, 4.69) is 36.1 Å². The molecule has 4 N–H and O–H groups in total. The minimum atomic E-state index is -3.50. The molecule has 1 fully saturated rings. The number of benzene rings is 2. The number of hydrogen-bond acceptors (Lipinski definition) is 6. The van der Waals surface area contributed by atoms with Crippen LogP contribution in [0.2, 0.25) is 0 Å². The van der Waals surface area contributed by atoms with E-state index in [4.69, 9.17) is 4.74 Å². The summed E-state index contributed by atoms with van der Waals surface area (Å²) in [5.41, 5.74) is 2.09. The van der Waals surface area contributed by atoms with Gasteiger partial charge in [-0.05, 0) is 67.0 Å². The number of H-pyrrole nitrogens is 2. The van der Waals surface area contributed by atoms with Gasteiger partial charge in [-0.1, -0.05) is 39.0 Å². The van der Waals surface area contributed by atoms with Crippen LogP contribution in [0.3, 0.4) is 0 Å². The second kappa shape index (κ2) is 11.4. The van der Waals surface area contributed by atoms with Gasteiger partial charge in [0.2, 0.25) is 10.0 Å². The van der Waals surface area contributed by atoms with Gasteiger partial charge in [-0.3, -0.25) is 0 Å². The average Bonchev–Trinajstić information content (AvgIpc) is 3.28. The van der Waals surface area contributed by atoms with E-state index < -0.39 is 16.1 Å². The number of imidazole rings is 1. The summed E-state index contributed by atoms with van der Waals surface area (Å²) in [7, 11) is -3.50. The molecule has 9 nitrogen and oxygen atoms in total. The summed E-state index contributed by atoms with van der Waals surface area (Å²) in [6.45, 7) is 8.58. The molecule has 1 aliphatic rings. The molecule has 2 heterocycles. The molecule has 4 rings (SSSR count). The first-order chi connectivity index (χ1) is 17.6. The first-order valence-electron chi connectivity index (χ1n) is 12.9. The molecule has 0 aliphatic carbocycles. The van der Waals surface area contributed by atoms with Gasteiger partial charge in [0.15, 0.2) is 0 Å². The van der Waals surface area contributed by atoms with E-state index in [-0.39, 0.29) is 17.7 Å². The molecule has 202 valence electrons. The number of aliphatic hydroxyl groups is 1. The maximum atomic E-state index is 13.1. The van der Waals surface area contributed by atoms with Gasteiger partial charge < -0.3 is 25.1 Å². The number of nitrogens with one attached hydrogen (secondary N) is 3. The van der Waals surface area contributed by atoms with Crippen molar-refractivity contribution in [3.63, 3.8) is 0 Å². The third-order valence-corrected chi connectivity index (χ3v) is 9.40. The van der Waals surface area contributed by atoms with Gasteiger partial charge in [0, 0.05) is 19.6 Å². The van der Waals surface area contributed by atoms with Gasteiger partial charge in [0.25, 0.3) is 0 Å². The predicted octanol–water partition coefficient (Wildman–Crippen LogP) is 2.97. The molecular formula is C27H38N4O5S. The van der Waals surface area contributed by atoms with Crippen LogP contribution in [0.1, 0.15) is 45.6 Å². The van der Waals surface area contributed by atoms with Crippen molar-refractivity contribution in [2.75, 3.05) is 32.8 Å². The van der Waals surface area contributed by atoms with E-state index in [9.17, 15) is 18.3 Å². The third-order valence-electron chi connectivity index (χ3n) is 7.49. The lowest BCUT2D eigenvalue weighted by Crippen LogP contribution is -2.42. The Hall–Kier alpha value is -2.66. The first kappa shape index (κ1) is 27.4. The fourth-order valence-electron chi connectivity index (χ4n) is 4.64. The summed E-state index contributed by atoms with van der Waals surface area (Å²) in [6, 6.07) is 12.6. The Labute approximate surface area is 218 Å². The fourth-order valence-corrected chi connectivity index (χ4v) is 6.11. The highest BCUT2D eigenvalue weighted by atomic mass is 32.2. The number of hydrogen-bond donors (Lipinski definition) is 4. The van der Waals surface area contributed by atoms with Gasteiger partial charge in [0.1, 0.15) is 24.0 Å².